The Morgan fingerprint density at radius 2 is 2.28 bits per heavy atom. The van der Waals surface area contributed by atoms with Gasteiger partial charge in [-0.1, -0.05) is 6.07 Å². The van der Waals surface area contributed by atoms with Gasteiger partial charge in [-0.15, -0.1) is 0 Å². The number of nitrogens with one attached hydrogen (secondary N) is 1. The molecule has 1 aliphatic carbocycles. The van der Waals surface area contributed by atoms with Gasteiger partial charge in [0.1, 0.15) is 6.04 Å². The van der Waals surface area contributed by atoms with Gasteiger partial charge in [0.15, 0.2) is 0 Å². The highest BCUT2D eigenvalue weighted by Gasteiger charge is 2.32. The fourth-order valence-electron chi connectivity index (χ4n) is 1.67. The van der Waals surface area contributed by atoms with Gasteiger partial charge in [0.25, 0.3) is 11.6 Å². The van der Waals surface area contributed by atoms with Crippen LogP contribution in [-0.4, -0.2) is 16.9 Å². The van der Waals surface area contributed by atoms with E-state index < -0.39 is 16.9 Å². The first-order valence-corrected chi connectivity index (χ1v) is 5.57. The number of rotatable bonds is 4. The third-order valence-electron chi connectivity index (χ3n) is 2.84. The van der Waals surface area contributed by atoms with Crippen molar-refractivity contribution >= 4 is 11.6 Å². The molecular formula is C12H11N3O3. The summed E-state index contributed by atoms with van der Waals surface area (Å²) in [6.07, 6.45) is 1.88. The molecule has 0 radical (unpaired) electrons. The zero-order chi connectivity index (χ0) is 13.1. The van der Waals surface area contributed by atoms with Crippen molar-refractivity contribution in [1.29, 1.82) is 5.26 Å². The Kier molecular flexibility index (Phi) is 3.24. The molecule has 1 saturated carbocycles. The SMILES string of the molecule is N#CC(NC(=O)c1cccc([N+](=O)[O-])c1)C1CC1. The second-order valence-corrected chi connectivity index (χ2v) is 4.23. The molecule has 1 unspecified atom stereocenters. The molecule has 1 N–H and O–H groups in total. The van der Waals surface area contributed by atoms with Crippen LogP contribution in [0, 0.1) is 27.4 Å². The van der Waals surface area contributed by atoms with Gasteiger partial charge in [0, 0.05) is 17.7 Å². The minimum absolute atomic E-state index is 0.137. The van der Waals surface area contributed by atoms with Crippen molar-refractivity contribution in [2.45, 2.75) is 18.9 Å². The number of nitrogens with zero attached hydrogens (tertiary/aromatic N) is 2. The molecular weight excluding hydrogens is 234 g/mol. The predicted molar refractivity (Wildman–Crippen MR) is 62.7 cm³/mol. The van der Waals surface area contributed by atoms with Crippen LogP contribution in [-0.2, 0) is 0 Å². The summed E-state index contributed by atoms with van der Waals surface area (Å²) in [6.45, 7) is 0. The van der Waals surface area contributed by atoms with Crippen LogP contribution in [0.5, 0.6) is 0 Å². The molecule has 1 aromatic rings. The molecule has 6 heteroatoms. The molecule has 0 bridgehead atoms. The Morgan fingerprint density at radius 3 is 2.83 bits per heavy atom. The first kappa shape index (κ1) is 12.0. The lowest BCUT2D eigenvalue weighted by atomic mass is 10.1. The van der Waals surface area contributed by atoms with Gasteiger partial charge in [-0.05, 0) is 24.8 Å². The Morgan fingerprint density at radius 1 is 1.56 bits per heavy atom. The van der Waals surface area contributed by atoms with E-state index in [1.807, 2.05) is 6.07 Å². The topological polar surface area (TPSA) is 96.0 Å². The number of carbonyl (C=O) groups excluding carboxylic acids is 1. The summed E-state index contributed by atoms with van der Waals surface area (Å²) in [5.74, 6) is -0.227. The number of nitriles is 1. The Bertz CT molecular complexity index is 532. The fourth-order valence-corrected chi connectivity index (χ4v) is 1.67. The summed E-state index contributed by atoms with van der Waals surface area (Å²) < 4.78 is 0. The number of hydrogen-bond acceptors (Lipinski definition) is 4. The molecule has 1 fully saturated rings. The van der Waals surface area contributed by atoms with Crippen molar-refractivity contribution in [2.24, 2.45) is 5.92 Å². The average Bonchev–Trinajstić information content (AvgIpc) is 3.20. The van der Waals surface area contributed by atoms with Crippen LogP contribution in [0.4, 0.5) is 5.69 Å². The van der Waals surface area contributed by atoms with Crippen molar-refractivity contribution in [3.8, 4) is 6.07 Å². The quantitative estimate of drug-likeness (QED) is 0.644. The number of benzene rings is 1. The standard InChI is InChI=1S/C12H11N3O3/c13-7-11(8-4-5-8)14-12(16)9-2-1-3-10(6-9)15(17)18/h1-3,6,8,11H,4-5H2,(H,14,16). The third-order valence-corrected chi connectivity index (χ3v) is 2.84. The number of nitro benzene ring substituents is 1. The van der Waals surface area contributed by atoms with Crippen LogP contribution >= 0.6 is 0 Å². The minimum Gasteiger partial charge on any atom is -0.336 e. The van der Waals surface area contributed by atoms with Crippen molar-refractivity contribution in [3.63, 3.8) is 0 Å². The summed E-state index contributed by atoms with van der Waals surface area (Å²) in [6, 6.07) is 7.00. The van der Waals surface area contributed by atoms with Gasteiger partial charge in [-0.3, -0.25) is 14.9 Å². The molecule has 2 rings (SSSR count). The number of nitro groups is 1. The Labute approximate surface area is 103 Å². The van der Waals surface area contributed by atoms with Crippen LogP contribution in [0.15, 0.2) is 24.3 Å². The molecule has 1 amide bonds. The minimum atomic E-state index is -0.556. The molecule has 1 aliphatic rings. The van der Waals surface area contributed by atoms with Gasteiger partial charge in [-0.2, -0.15) is 5.26 Å². The highest BCUT2D eigenvalue weighted by Crippen LogP contribution is 2.32. The van der Waals surface area contributed by atoms with E-state index >= 15 is 0 Å². The zero-order valence-corrected chi connectivity index (χ0v) is 9.50. The second kappa shape index (κ2) is 4.84. The monoisotopic (exact) mass is 245 g/mol. The highest BCUT2D eigenvalue weighted by atomic mass is 16.6. The number of hydrogen-bond donors (Lipinski definition) is 1. The van der Waals surface area contributed by atoms with E-state index in [1.165, 1.54) is 24.3 Å². The van der Waals surface area contributed by atoms with Gasteiger partial charge in [-0.25, -0.2) is 0 Å². The van der Waals surface area contributed by atoms with Crippen LogP contribution in [0.2, 0.25) is 0 Å². The predicted octanol–water partition coefficient (Wildman–Crippen LogP) is 1.63. The van der Waals surface area contributed by atoms with E-state index in [1.54, 1.807) is 0 Å². The Hall–Kier alpha value is -2.42. The largest absolute Gasteiger partial charge is 0.336 e. The molecule has 18 heavy (non-hydrogen) atoms. The van der Waals surface area contributed by atoms with E-state index in [2.05, 4.69) is 5.32 Å². The van der Waals surface area contributed by atoms with E-state index in [4.69, 9.17) is 5.26 Å². The molecule has 0 heterocycles. The van der Waals surface area contributed by atoms with Crippen molar-refractivity contribution < 1.29 is 9.72 Å². The van der Waals surface area contributed by atoms with Crippen LogP contribution in [0.3, 0.4) is 0 Å². The first-order valence-electron chi connectivity index (χ1n) is 5.57. The zero-order valence-electron chi connectivity index (χ0n) is 9.50. The maximum absolute atomic E-state index is 11.8. The summed E-state index contributed by atoms with van der Waals surface area (Å²) in [5, 5.41) is 22.1. The number of amides is 1. The van der Waals surface area contributed by atoms with Crippen molar-refractivity contribution in [1.82, 2.24) is 5.32 Å². The summed E-state index contributed by atoms with van der Waals surface area (Å²) in [7, 11) is 0. The molecule has 0 aromatic heterocycles. The summed E-state index contributed by atoms with van der Waals surface area (Å²) in [5.41, 5.74) is 0.0627. The highest BCUT2D eigenvalue weighted by molar-refractivity contribution is 5.95. The molecule has 0 spiro atoms. The van der Waals surface area contributed by atoms with Crippen LogP contribution in [0.1, 0.15) is 23.2 Å². The third kappa shape index (κ3) is 2.63. The fraction of sp³-hybridized carbons (Fsp3) is 0.333. The maximum atomic E-state index is 11.8. The first-order chi connectivity index (χ1) is 8.61. The summed E-state index contributed by atoms with van der Waals surface area (Å²) in [4.78, 5) is 21.9. The molecule has 0 aliphatic heterocycles. The van der Waals surface area contributed by atoms with E-state index in [0.717, 1.165) is 12.8 Å². The van der Waals surface area contributed by atoms with E-state index in [-0.39, 0.29) is 17.2 Å². The van der Waals surface area contributed by atoms with Crippen molar-refractivity contribution in [2.75, 3.05) is 0 Å². The molecule has 0 saturated heterocycles. The molecule has 92 valence electrons. The number of carbonyl (C=O) groups is 1. The van der Waals surface area contributed by atoms with Crippen LogP contribution < -0.4 is 5.32 Å². The van der Waals surface area contributed by atoms with Crippen LogP contribution in [0.25, 0.3) is 0 Å². The molecule has 1 aromatic carbocycles. The maximum Gasteiger partial charge on any atom is 0.270 e. The lowest BCUT2D eigenvalue weighted by Gasteiger charge is -2.09. The normalized spacial score (nSPS) is 15.5. The molecule has 1 atom stereocenters. The van der Waals surface area contributed by atoms with Gasteiger partial charge in [0.2, 0.25) is 0 Å². The second-order valence-electron chi connectivity index (χ2n) is 4.23. The smallest absolute Gasteiger partial charge is 0.270 e. The van der Waals surface area contributed by atoms with E-state index in [0.29, 0.717) is 0 Å². The Balaban J connectivity index is 2.11. The summed E-state index contributed by atoms with van der Waals surface area (Å²) >= 11 is 0. The lowest BCUT2D eigenvalue weighted by molar-refractivity contribution is -0.384. The molecule has 6 nitrogen and oxygen atoms in total. The number of non-ortho nitro benzene ring substituents is 1. The lowest BCUT2D eigenvalue weighted by Crippen LogP contribution is -2.35. The average molecular weight is 245 g/mol. The van der Waals surface area contributed by atoms with E-state index in [9.17, 15) is 14.9 Å². The van der Waals surface area contributed by atoms with Gasteiger partial charge < -0.3 is 5.32 Å². The van der Waals surface area contributed by atoms with Crippen molar-refractivity contribution in [3.05, 3.63) is 39.9 Å². The van der Waals surface area contributed by atoms with Gasteiger partial charge >= 0.3 is 0 Å². The van der Waals surface area contributed by atoms with Gasteiger partial charge in [0.05, 0.1) is 11.0 Å².